The highest BCUT2D eigenvalue weighted by Crippen LogP contribution is 2.34. The molecular weight excluding hydrogens is 451 g/mol. The van der Waals surface area contributed by atoms with Crippen LogP contribution in [0.1, 0.15) is 30.4 Å². The van der Waals surface area contributed by atoms with Gasteiger partial charge in [-0.05, 0) is 68.7 Å². The summed E-state index contributed by atoms with van der Waals surface area (Å²) in [4.78, 5) is 4.37. The van der Waals surface area contributed by atoms with Crippen LogP contribution < -0.4 is 10.2 Å². The van der Waals surface area contributed by atoms with Gasteiger partial charge in [0, 0.05) is 44.6 Å². The van der Waals surface area contributed by atoms with Crippen LogP contribution in [-0.2, 0) is 11.3 Å². The molecule has 0 spiro atoms. The van der Waals surface area contributed by atoms with Gasteiger partial charge in [-0.25, -0.2) is 4.39 Å². The molecule has 1 saturated heterocycles. The van der Waals surface area contributed by atoms with Gasteiger partial charge in [0.25, 0.3) is 0 Å². The molecule has 1 N–H and O–H groups in total. The number of aromatic nitrogens is 1. The SMILES string of the molecule is COCCCN(Cc1c(-c2cccc(C)c2)noc1N1CCCC1)C(=S)Nc1ccc(F)cc1. The summed E-state index contributed by atoms with van der Waals surface area (Å²) in [6.45, 7) is 5.84. The molecule has 0 bridgehead atoms. The highest BCUT2D eigenvalue weighted by Gasteiger charge is 2.27. The van der Waals surface area contributed by atoms with Gasteiger partial charge in [-0.15, -0.1) is 0 Å². The van der Waals surface area contributed by atoms with Crippen LogP contribution in [0.5, 0.6) is 0 Å². The average molecular weight is 483 g/mol. The summed E-state index contributed by atoms with van der Waals surface area (Å²) in [6.07, 6.45) is 3.09. The highest BCUT2D eigenvalue weighted by molar-refractivity contribution is 7.80. The van der Waals surface area contributed by atoms with Gasteiger partial charge in [-0.3, -0.25) is 0 Å². The van der Waals surface area contributed by atoms with Crippen LogP contribution in [0.4, 0.5) is 16.0 Å². The molecule has 0 amide bonds. The number of ether oxygens (including phenoxy) is 1. The van der Waals surface area contributed by atoms with Crippen molar-refractivity contribution in [2.24, 2.45) is 0 Å². The fourth-order valence-corrected chi connectivity index (χ4v) is 4.48. The molecule has 0 atom stereocenters. The largest absolute Gasteiger partial charge is 0.385 e. The monoisotopic (exact) mass is 482 g/mol. The minimum Gasteiger partial charge on any atom is -0.385 e. The zero-order valence-corrected chi connectivity index (χ0v) is 20.5. The molecule has 1 aliphatic heterocycles. The van der Waals surface area contributed by atoms with Crippen molar-refractivity contribution in [3.05, 3.63) is 65.5 Å². The Kier molecular flexibility index (Phi) is 8.13. The Labute approximate surface area is 205 Å². The first kappa shape index (κ1) is 24.2. The third-order valence-corrected chi connectivity index (χ3v) is 6.32. The number of halogens is 1. The molecule has 180 valence electrons. The number of nitrogens with zero attached hydrogens (tertiary/aromatic N) is 3. The smallest absolute Gasteiger partial charge is 0.232 e. The van der Waals surface area contributed by atoms with Gasteiger partial charge in [0.1, 0.15) is 11.5 Å². The molecule has 8 heteroatoms. The number of hydrogen-bond acceptors (Lipinski definition) is 5. The summed E-state index contributed by atoms with van der Waals surface area (Å²) in [7, 11) is 1.70. The van der Waals surface area contributed by atoms with E-state index in [1.54, 1.807) is 19.2 Å². The first-order chi connectivity index (χ1) is 16.5. The van der Waals surface area contributed by atoms with Gasteiger partial charge in [0.05, 0.1) is 12.1 Å². The second-order valence-corrected chi connectivity index (χ2v) is 8.97. The molecule has 0 unspecified atom stereocenters. The van der Waals surface area contributed by atoms with E-state index in [1.165, 1.54) is 17.7 Å². The van der Waals surface area contributed by atoms with E-state index < -0.39 is 0 Å². The van der Waals surface area contributed by atoms with Crippen molar-refractivity contribution in [1.29, 1.82) is 0 Å². The molecule has 3 aromatic rings. The lowest BCUT2D eigenvalue weighted by molar-refractivity contribution is 0.185. The molecule has 4 rings (SSSR count). The fourth-order valence-electron chi connectivity index (χ4n) is 4.21. The standard InChI is InChI=1S/C26H31FN4O2S/c1-19-7-5-8-20(17-19)24-23(25(33-29-24)30-13-3-4-14-30)18-31(15-6-16-32-2)26(34)28-22-11-9-21(27)10-12-22/h5,7-12,17H,3-4,6,13-16,18H2,1-2H3,(H,28,34). The van der Waals surface area contributed by atoms with Gasteiger partial charge in [0.15, 0.2) is 5.11 Å². The Bertz CT molecular complexity index is 1100. The number of aryl methyl sites for hydroxylation is 1. The maximum Gasteiger partial charge on any atom is 0.232 e. The number of anilines is 2. The number of methoxy groups -OCH3 is 1. The second kappa shape index (κ2) is 11.4. The number of hydrogen-bond donors (Lipinski definition) is 1. The van der Waals surface area contributed by atoms with E-state index in [-0.39, 0.29) is 5.82 Å². The first-order valence-corrected chi connectivity index (χ1v) is 12.1. The van der Waals surface area contributed by atoms with Crippen LogP contribution in [-0.4, -0.2) is 48.5 Å². The average Bonchev–Trinajstić information content (AvgIpc) is 3.50. The summed E-state index contributed by atoms with van der Waals surface area (Å²) in [5.74, 6) is 0.534. The van der Waals surface area contributed by atoms with Gasteiger partial charge in [-0.2, -0.15) is 0 Å². The molecule has 1 aliphatic rings. The van der Waals surface area contributed by atoms with Crippen LogP contribution >= 0.6 is 12.2 Å². The quantitative estimate of drug-likeness (QED) is 0.314. The van der Waals surface area contributed by atoms with E-state index in [0.29, 0.717) is 24.8 Å². The van der Waals surface area contributed by atoms with Crippen LogP contribution in [0.15, 0.2) is 53.1 Å². The summed E-state index contributed by atoms with van der Waals surface area (Å²) in [5, 5.41) is 8.31. The van der Waals surface area contributed by atoms with Crippen molar-refractivity contribution in [1.82, 2.24) is 10.1 Å². The van der Waals surface area contributed by atoms with E-state index >= 15 is 0 Å². The van der Waals surface area contributed by atoms with Crippen molar-refractivity contribution in [2.75, 3.05) is 43.6 Å². The number of benzene rings is 2. The van der Waals surface area contributed by atoms with Crippen molar-refractivity contribution >= 4 is 28.9 Å². The Hall–Kier alpha value is -2.97. The van der Waals surface area contributed by atoms with Gasteiger partial charge in [-0.1, -0.05) is 28.9 Å². The number of thiocarbonyl (C=S) groups is 1. The Morgan fingerprint density at radius 3 is 2.68 bits per heavy atom. The lowest BCUT2D eigenvalue weighted by Gasteiger charge is -2.27. The molecule has 1 aromatic heterocycles. The summed E-state index contributed by atoms with van der Waals surface area (Å²) in [6, 6.07) is 14.5. The molecule has 2 aromatic carbocycles. The maximum absolute atomic E-state index is 13.4. The van der Waals surface area contributed by atoms with E-state index in [0.717, 1.165) is 60.7 Å². The predicted octanol–water partition coefficient (Wildman–Crippen LogP) is 5.62. The third kappa shape index (κ3) is 5.93. The van der Waals surface area contributed by atoms with Crippen molar-refractivity contribution in [2.45, 2.75) is 32.7 Å². The van der Waals surface area contributed by atoms with E-state index in [1.807, 2.05) is 6.07 Å². The third-order valence-electron chi connectivity index (χ3n) is 5.96. The van der Waals surface area contributed by atoms with Crippen LogP contribution in [0, 0.1) is 12.7 Å². The topological polar surface area (TPSA) is 53.8 Å². The van der Waals surface area contributed by atoms with Gasteiger partial charge in [0.2, 0.25) is 5.88 Å². The molecule has 0 aliphatic carbocycles. The Morgan fingerprint density at radius 2 is 1.97 bits per heavy atom. The molecule has 34 heavy (non-hydrogen) atoms. The minimum absolute atomic E-state index is 0.282. The molecule has 1 fully saturated rings. The first-order valence-electron chi connectivity index (χ1n) is 11.7. The molecule has 2 heterocycles. The Morgan fingerprint density at radius 1 is 1.21 bits per heavy atom. The zero-order valence-electron chi connectivity index (χ0n) is 19.7. The van der Waals surface area contributed by atoms with Crippen LogP contribution in [0.25, 0.3) is 11.3 Å². The number of nitrogens with one attached hydrogen (secondary N) is 1. The van der Waals surface area contributed by atoms with Crippen molar-refractivity contribution in [3.63, 3.8) is 0 Å². The fraction of sp³-hybridized carbons (Fsp3) is 0.385. The van der Waals surface area contributed by atoms with Crippen LogP contribution in [0.2, 0.25) is 0 Å². The molecule has 6 nitrogen and oxygen atoms in total. The normalized spacial score (nSPS) is 13.3. The molecular formula is C26H31FN4O2S. The van der Waals surface area contributed by atoms with Crippen LogP contribution in [0.3, 0.4) is 0 Å². The molecule has 0 saturated carbocycles. The van der Waals surface area contributed by atoms with Gasteiger partial charge < -0.3 is 24.4 Å². The Balaban J connectivity index is 1.65. The zero-order chi connectivity index (χ0) is 23.9. The van der Waals surface area contributed by atoms with E-state index in [2.05, 4.69) is 45.4 Å². The summed E-state index contributed by atoms with van der Waals surface area (Å²) < 4.78 is 24.6. The van der Waals surface area contributed by atoms with E-state index in [4.69, 9.17) is 21.5 Å². The van der Waals surface area contributed by atoms with Crippen molar-refractivity contribution in [3.8, 4) is 11.3 Å². The minimum atomic E-state index is -0.282. The van der Waals surface area contributed by atoms with Gasteiger partial charge >= 0.3 is 0 Å². The predicted molar refractivity (Wildman–Crippen MR) is 138 cm³/mol. The highest BCUT2D eigenvalue weighted by atomic mass is 32.1. The van der Waals surface area contributed by atoms with Crippen molar-refractivity contribution < 1.29 is 13.7 Å². The summed E-state index contributed by atoms with van der Waals surface area (Å²) in [5.41, 5.74) is 4.80. The lowest BCUT2D eigenvalue weighted by Crippen LogP contribution is -2.36. The molecule has 0 radical (unpaired) electrons. The lowest BCUT2D eigenvalue weighted by atomic mass is 10.0. The maximum atomic E-state index is 13.4. The van der Waals surface area contributed by atoms with E-state index in [9.17, 15) is 4.39 Å². The summed E-state index contributed by atoms with van der Waals surface area (Å²) >= 11 is 5.79. The second-order valence-electron chi connectivity index (χ2n) is 8.58. The number of rotatable bonds is 9.